The molecular formula is C11H9NO5-2. The van der Waals surface area contributed by atoms with Gasteiger partial charge in [-0.15, -0.1) is 0 Å². The van der Waals surface area contributed by atoms with Gasteiger partial charge in [0.2, 0.25) is 5.91 Å². The van der Waals surface area contributed by atoms with Crippen LogP contribution in [-0.2, 0) is 9.59 Å². The molecule has 0 radical (unpaired) electrons. The summed E-state index contributed by atoms with van der Waals surface area (Å²) >= 11 is 0. The Morgan fingerprint density at radius 1 is 1.00 bits per heavy atom. The highest BCUT2D eigenvalue weighted by Gasteiger charge is 2.02. The van der Waals surface area contributed by atoms with Crippen LogP contribution in [0.2, 0.25) is 0 Å². The van der Waals surface area contributed by atoms with Crippen molar-refractivity contribution in [3.05, 3.63) is 29.8 Å². The minimum atomic E-state index is -1.31. The molecule has 0 bridgehead atoms. The number of carbonyl (C=O) groups is 3. The molecule has 1 N–H and O–H groups in total. The van der Waals surface area contributed by atoms with E-state index in [2.05, 4.69) is 5.32 Å². The van der Waals surface area contributed by atoms with Crippen LogP contribution in [0.1, 0.15) is 23.2 Å². The summed E-state index contributed by atoms with van der Waals surface area (Å²) in [5.41, 5.74) is 0.385. The van der Waals surface area contributed by atoms with Gasteiger partial charge < -0.3 is 25.1 Å². The summed E-state index contributed by atoms with van der Waals surface area (Å²) in [6.07, 6.45) is -0.548. The van der Waals surface area contributed by atoms with Crippen molar-refractivity contribution in [1.82, 2.24) is 0 Å². The van der Waals surface area contributed by atoms with Gasteiger partial charge in [0.1, 0.15) is 0 Å². The van der Waals surface area contributed by atoms with E-state index >= 15 is 0 Å². The minimum absolute atomic E-state index is 0.00210. The van der Waals surface area contributed by atoms with Crippen LogP contribution >= 0.6 is 0 Å². The summed E-state index contributed by atoms with van der Waals surface area (Å²) in [5, 5.41) is 23.0. The lowest BCUT2D eigenvalue weighted by Gasteiger charge is -2.07. The summed E-state index contributed by atoms with van der Waals surface area (Å²) < 4.78 is 0. The highest BCUT2D eigenvalue weighted by atomic mass is 16.4. The molecule has 0 saturated carbocycles. The average molecular weight is 235 g/mol. The average Bonchev–Trinajstić information content (AvgIpc) is 2.27. The fraction of sp³-hybridized carbons (Fsp3) is 0.182. The Hall–Kier alpha value is -2.37. The molecule has 0 aliphatic rings. The SMILES string of the molecule is O=C([O-])CCC(=O)Nc1ccc(C(=O)[O-])cc1. The lowest BCUT2D eigenvalue weighted by atomic mass is 10.2. The molecule has 1 aromatic rings. The molecule has 1 aromatic carbocycles. The molecule has 0 fully saturated rings. The topological polar surface area (TPSA) is 109 Å². The molecule has 0 atom stereocenters. The molecule has 0 spiro atoms. The van der Waals surface area contributed by atoms with E-state index in [1.165, 1.54) is 24.3 Å². The zero-order valence-electron chi connectivity index (χ0n) is 8.76. The smallest absolute Gasteiger partial charge is 0.224 e. The standard InChI is InChI=1S/C11H11NO5/c13-9(5-6-10(14)15)12-8-3-1-7(2-4-8)11(16)17/h1-4H,5-6H2,(H,12,13)(H,14,15)(H,16,17)/p-2. The third-order valence-corrected chi connectivity index (χ3v) is 1.96. The Morgan fingerprint density at radius 2 is 1.59 bits per heavy atom. The second-order valence-corrected chi connectivity index (χ2v) is 3.28. The Kier molecular flexibility index (Phi) is 4.21. The third-order valence-electron chi connectivity index (χ3n) is 1.96. The number of anilines is 1. The molecule has 0 aliphatic carbocycles. The fourth-order valence-corrected chi connectivity index (χ4v) is 1.13. The highest BCUT2D eigenvalue weighted by molar-refractivity contribution is 5.93. The Bertz CT molecular complexity index is 438. The van der Waals surface area contributed by atoms with Crippen LogP contribution in [0, 0.1) is 0 Å². The van der Waals surface area contributed by atoms with Crippen molar-refractivity contribution < 1.29 is 24.6 Å². The van der Waals surface area contributed by atoms with Crippen LogP contribution in [0.5, 0.6) is 0 Å². The monoisotopic (exact) mass is 235 g/mol. The van der Waals surface area contributed by atoms with Crippen LogP contribution in [0.4, 0.5) is 5.69 Å². The summed E-state index contributed by atoms with van der Waals surface area (Å²) in [6, 6.07) is 5.34. The normalized spacial score (nSPS) is 9.65. The molecule has 0 unspecified atom stereocenters. The quantitative estimate of drug-likeness (QED) is 0.669. The van der Waals surface area contributed by atoms with E-state index in [9.17, 15) is 24.6 Å². The van der Waals surface area contributed by atoms with Crippen molar-refractivity contribution in [3.8, 4) is 0 Å². The van der Waals surface area contributed by atoms with E-state index in [0.29, 0.717) is 5.69 Å². The van der Waals surface area contributed by atoms with E-state index in [0.717, 1.165) is 0 Å². The number of rotatable bonds is 5. The first-order valence-corrected chi connectivity index (χ1v) is 4.80. The predicted molar refractivity (Wildman–Crippen MR) is 53.6 cm³/mol. The molecule has 1 amide bonds. The minimum Gasteiger partial charge on any atom is -0.550 e. The predicted octanol–water partition coefficient (Wildman–Crippen LogP) is -1.48. The lowest BCUT2D eigenvalue weighted by molar-refractivity contribution is -0.305. The number of aromatic carboxylic acids is 1. The van der Waals surface area contributed by atoms with Crippen molar-refractivity contribution in [3.63, 3.8) is 0 Å². The molecule has 1 rings (SSSR count). The molecule has 0 aliphatic heterocycles. The van der Waals surface area contributed by atoms with Gasteiger partial charge in [-0.3, -0.25) is 4.79 Å². The maximum absolute atomic E-state index is 11.2. The van der Waals surface area contributed by atoms with Gasteiger partial charge in [0.15, 0.2) is 0 Å². The van der Waals surface area contributed by atoms with E-state index in [1.54, 1.807) is 0 Å². The molecule has 90 valence electrons. The van der Waals surface area contributed by atoms with Crippen LogP contribution in [0.3, 0.4) is 0 Å². The van der Waals surface area contributed by atoms with Crippen molar-refractivity contribution in [2.75, 3.05) is 5.32 Å². The summed E-state index contributed by atoms with van der Waals surface area (Å²) in [5.74, 6) is -3.08. The van der Waals surface area contributed by atoms with E-state index in [4.69, 9.17) is 0 Å². The van der Waals surface area contributed by atoms with Gasteiger partial charge in [0.25, 0.3) is 0 Å². The van der Waals surface area contributed by atoms with E-state index in [1.807, 2.05) is 0 Å². The highest BCUT2D eigenvalue weighted by Crippen LogP contribution is 2.09. The first-order chi connectivity index (χ1) is 7.99. The maximum Gasteiger partial charge on any atom is 0.224 e. The number of nitrogens with one attached hydrogen (secondary N) is 1. The number of carboxylic acid groups (broad SMARTS) is 2. The van der Waals surface area contributed by atoms with E-state index in [-0.39, 0.29) is 18.4 Å². The number of hydrogen-bond acceptors (Lipinski definition) is 5. The van der Waals surface area contributed by atoms with Crippen LogP contribution < -0.4 is 15.5 Å². The molecule has 0 aromatic heterocycles. The molecule has 6 nitrogen and oxygen atoms in total. The largest absolute Gasteiger partial charge is 0.550 e. The summed E-state index contributed by atoms with van der Waals surface area (Å²) in [6.45, 7) is 0. The molecule has 0 saturated heterocycles. The van der Waals surface area contributed by atoms with Crippen LogP contribution in [0.15, 0.2) is 24.3 Å². The summed E-state index contributed by atoms with van der Waals surface area (Å²) in [4.78, 5) is 31.8. The Labute approximate surface area is 96.9 Å². The number of carboxylic acids is 2. The number of aliphatic carboxylic acids is 1. The van der Waals surface area contributed by atoms with Crippen LogP contribution in [-0.4, -0.2) is 17.8 Å². The lowest BCUT2D eigenvalue weighted by Crippen LogP contribution is -2.24. The zero-order valence-corrected chi connectivity index (χ0v) is 8.76. The van der Waals surface area contributed by atoms with Crippen molar-refractivity contribution in [2.45, 2.75) is 12.8 Å². The van der Waals surface area contributed by atoms with Crippen molar-refractivity contribution in [1.29, 1.82) is 0 Å². The van der Waals surface area contributed by atoms with Crippen molar-refractivity contribution >= 4 is 23.5 Å². The second kappa shape index (κ2) is 5.64. The van der Waals surface area contributed by atoms with Gasteiger partial charge in [0.05, 0.1) is 5.97 Å². The molecule has 0 heterocycles. The number of hydrogen-bond donors (Lipinski definition) is 1. The second-order valence-electron chi connectivity index (χ2n) is 3.28. The molecule has 17 heavy (non-hydrogen) atoms. The maximum atomic E-state index is 11.2. The number of amides is 1. The van der Waals surface area contributed by atoms with Crippen LogP contribution in [0.25, 0.3) is 0 Å². The molecular weight excluding hydrogens is 226 g/mol. The third kappa shape index (κ3) is 4.33. The fourth-order valence-electron chi connectivity index (χ4n) is 1.13. The Morgan fingerprint density at radius 3 is 2.06 bits per heavy atom. The van der Waals surface area contributed by atoms with Crippen molar-refractivity contribution in [2.24, 2.45) is 0 Å². The van der Waals surface area contributed by atoms with E-state index < -0.39 is 17.8 Å². The number of carbonyl (C=O) groups excluding carboxylic acids is 3. The Balaban J connectivity index is 2.54. The number of benzene rings is 1. The van der Waals surface area contributed by atoms with Gasteiger partial charge in [-0.2, -0.15) is 0 Å². The molecule has 6 heteroatoms. The first kappa shape index (κ1) is 12.7. The summed E-state index contributed by atoms with van der Waals surface area (Å²) in [7, 11) is 0. The van der Waals surface area contributed by atoms with Gasteiger partial charge >= 0.3 is 0 Å². The first-order valence-electron chi connectivity index (χ1n) is 4.80. The van der Waals surface area contributed by atoms with Gasteiger partial charge in [-0.25, -0.2) is 0 Å². The van der Waals surface area contributed by atoms with Gasteiger partial charge in [-0.1, -0.05) is 12.1 Å². The van der Waals surface area contributed by atoms with Gasteiger partial charge in [-0.05, 0) is 24.1 Å². The zero-order chi connectivity index (χ0) is 12.8. The van der Waals surface area contributed by atoms with Gasteiger partial charge in [0, 0.05) is 18.1 Å².